The zero-order chi connectivity index (χ0) is 23.6. The van der Waals surface area contributed by atoms with Gasteiger partial charge < -0.3 is 10.2 Å². The first-order valence-corrected chi connectivity index (χ1v) is 13.4. The summed E-state index contributed by atoms with van der Waals surface area (Å²) < 4.78 is 4.46. The maximum absolute atomic E-state index is 4.76. The molecule has 1 aliphatic heterocycles. The Kier molecular flexibility index (Phi) is 6.07. The second-order valence-electron chi connectivity index (χ2n) is 8.16. The molecule has 176 valence electrons. The highest BCUT2D eigenvalue weighted by Crippen LogP contribution is 2.28. The number of nitrogens with zero attached hydrogens (tertiary/aromatic N) is 7. The van der Waals surface area contributed by atoms with Crippen LogP contribution < -0.4 is 10.2 Å². The number of hydrogen-bond acceptors (Lipinski definition) is 9. The summed E-state index contributed by atoms with van der Waals surface area (Å²) in [4.78, 5) is 21.9. The summed E-state index contributed by atoms with van der Waals surface area (Å²) in [6.07, 6.45) is 9.70. The van der Waals surface area contributed by atoms with Crippen molar-refractivity contribution in [3.63, 3.8) is 0 Å². The lowest BCUT2D eigenvalue weighted by Gasteiger charge is -2.33. The summed E-state index contributed by atoms with van der Waals surface area (Å²) in [5.74, 6) is 1.52. The van der Waals surface area contributed by atoms with Crippen LogP contribution in [0.15, 0.2) is 72.6 Å². The van der Waals surface area contributed by atoms with Crippen LogP contribution in [0.3, 0.4) is 0 Å². The maximum atomic E-state index is 4.76. The Morgan fingerprint density at radius 3 is 2.63 bits per heavy atom. The predicted octanol–water partition coefficient (Wildman–Crippen LogP) is 5.06. The molecule has 10 heteroatoms. The number of rotatable bonds is 6. The first kappa shape index (κ1) is 22.0. The summed E-state index contributed by atoms with van der Waals surface area (Å²) in [6.45, 7) is 4.06. The summed E-state index contributed by atoms with van der Waals surface area (Å²) in [7, 11) is 0. The van der Waals surface area contributed by atoms with Gasteiger partial charge in [0.2, 0.25) is 5.95 Å². The van der Waals surface area contributed by atoms with Crippen LogP contribution >= 0.6 is 23.3 Å². The van der Waals surface area contributed by atoms with Gasteiger partial charge in [-0.15, -0.1) is 11.3 Å². The van der Waals surface area contributed by atoms with Crippen LogP contribution in [0, 0.1) is 0 Å². The first-order valence-electron chi connectivity index (χ1n) is 11.4. The zero-order valence-electron chi connectivity index (χ0n) is 19.2. The molecule has 5 aromatic rings. The predicted molar refractivity (Wildman–Crippen MR) is 144 cm³/mol. The van der Waals surface area contributed by atoms with E-state index in [1.54, 1.807) is 29.5 Å². The molecule has 1 aliphatic rings. The number of fused-ring (bicyclic) bond motifs is 1. The van der Waals surface area contributed by atoms with Crippen molar-refractivity contribution in [3.8, 4) is 21.8 Å². The van der Waals surface area contributed by atoms with E-state index in [4.69, 9.17) is 4.98 Å². The van der Waals surface area contributed by atoms with Crippen molar-refractivity contribution in [2.45, 2.75) is 0 Å². The highest BCUT2D eigenvalue weighted by Gasteiger charge is 2.17. The monoisotopic (exact) mass is 500 g/mol. The number of anilines is 3. The van der Waals surface area contributed by atoms with Crippen LogP contribution in [0.1, 0.15) is 0 Å². The number of aromatic nitrogens is 5. The second kappa shape index (κ2) is 9.65. The number of hydrogen-bond donors (Lipinski definition) is 1. The van der Waals surface area contributed by atoms with E-state index in [0.717, 1.165) is 60.3 Å². The molecule has 1 fully saturated rings. The van der Waals surface area contributed by atoms with Crippen LogP contribution in [0.4, 0.5) is 17.5 Å². The summed E-state index contributed by atoms with van der Waals surface area (Å²) in [6, 6.07) is 14.3. The molecule has 6 heterocycles. The standard InChI is InChI=1S/C25H24N8S2/c1-34-32-12-10-31(11-13-32)23-7-5-19(15-27-23)29-25-26-9-8-20(30-25)21-16-28-24-6-4-18(17-33(21)24)22-3-2-14-35-22/h2-9,14-17H,10-13H2,1H3,(H,26,29,30). The van der Waals surface area contributed by atoms with E-state index in [2.05, 4.69) is 76.0 Å². The van der Waals surface area contributed by atoms with E-state index in [-0.39, 0.29) is 0 Å². The van der Waals surface area contributed by atoms with Gasteiger partial charge in [0.1, 0.15) is 11.5 Å². The van der Waals surface area contributed by atoms with Gasteiger partial charge in [-0.05, 0) is 48.0 Å². The number of nitrogens with one attached hydrogen (secondary N) is 1. The van der Waals surface area contributed by atoms with Crippen molar-refractivity contribution in [2.24, 2.45) is 0 Å². The summed E-state index contributed by atoms with van der Waals surface area (Å²) in [5.41, 5.74) is 4.61. The van der Waals surface area contributed by atoms with Gasteiger partial charge >= 0.3 is 0 Å². The van der Waals surface area contributed by atoms with Gasteiger partial charge in [-0.3, -0.25) is 4.40 Å². The topological polar surface area (TPSA) is 74.5 Å². The molecule has 0 saturated carbocycles. The zero-order valence-corrected chi connectivity index (χ0v) is 20.8. The van der Waals surface area contributed by atoms with E-state index in [0.29, 0.717) is 5.95 Å². The fourth-order valence-corrected chi connectivity index (χ4v) is 5.44. The smallest absolute Gasteiger partial charge is 0.227 e. The molecule has 0 aromatic carbocycles. The van der Waals surface area contributed by atoms with Gasteiger partial charge in [0, 0.05) is 49.0 Å². The Morgan fingerprint density at radius 1 is 0.943 bits per heavy atom. The number of pyridine rings is 2. The fraction of sp³-hybridized carbons (Fsp3) is 0.200. The van der Waals surface area contributed by atoms with Crippen molar-refractivity contribution in [3.05, 3.63) is 72.6 Å². The molecule has 0 aliphatic carbocycles. The van der Waals surface area contributed by atoms with Gasteiger partial charge in [-0.1, -0.05) is 18.0 Å². The normalized spacial score (nSPS) is 14.5. The molecule has 0 bridgehead atoms. The Morgan fingerprint density at radius 2 is 1.86 bits per heavy atom. The van der Waals surface area contributed by atoms with Crippen molar-refractivity contribution in [1.82, 2.24) is 28.6 Å². The lowest BCUT2D eigenvalue weighted by molar-refractivity contribution is 0.429. The van der Waals surface area contributed by atoms with Crippen LogP contribution in [0.25, 0.3) is 27.5 Å². The van der Waals surface area contributed by atoms with Gasteiger partial charge in [0.05, 0.1) is 29.5 Å². The van der Waals surface area contributed by atoms with E-state index in [1.165, 1.54) is 4.88 Å². The average molecular weight is 501 g/mol. The van der Waals surface area contributed by atoms with Crippen molar-refractivity contribution in [1.29, 1.82) is 0 Å². The van der Waals surface area contributed by atoms with Crippen LogP contribution in [-0.4, -0.2) is 61.1 Å². The molecule has 0 radical (unpaired) electrons. The molecule has 0 atom stereocenters. The maximum Gasteiger partial charge on any atom is 0.227 e. The summed E-state index contributed by atoms with van der Waals surface area (Å²) in [5, 5.41) is 5.38. The molecule has 35 heavy (non-hydrogen) atoms. The Bertz CT molecular complexity index is 1420. The number of imidazole rings is 1. The molecule has 5 aromatic heterocycles. The van der Waals surface area contributed by atoms with E-state index in [1.807, 2.05) is 30.6 Å². The van der Waals surface area contributed by atoms with Gasteiger partial charge in [-0.25, -0.2) is 24.2 Å². The van der Waals surface area contributed by atoms with Crippen molar-refractivity contribution < 1.29 is 0 Å². The Labute approximate surface area is 211 Å². The van der Waals surface area contributed by atoms with Gasteiger partial charge in [0.25, 0.3) is 0 Å². The average Bonchev–Trinajstić information content (AvgIpc) is 3.60. The van der Waals surface area contributed by atoms with Crippen molar-refractivity contribution >= 4 is 46.4 Å². The second-order valence-corrected chi connectivity index (χ2v) is 9.99. The van der Waals surface area contributed by atoms with Crippen LogP contribution in [-0.2, 0) is 0 Å². The Hall–Kier alpha value is -3.47. The number of thiophene rings is 1. The summed E-state index contributed by atoms with van der Waals surface area (Å²) >= 11 is 3.53. The van der Waals surface area contributed by atoms with E-state index < -0.39 is 0 Å². The minimum atomic E-state index is 0.523. The van der Waals surface area contributed by atoms with Crippen LogP contribution in [0.2, 0.25) is 0 Å². The highest BCUT2D eigenvalue weighted by molar-refractivity contribution is 7.96. The largest absolute Gasteiger partial charge is 0.354 e. The fourth-order valence-electron chi connectivity index (χ4n) is 4.20. The third-order valence-corrected chi connectivity index (χ3v) is 7.85. The third-order valence-electron chi connectivity index (χ3n) is 6.05. The molecule has 8 nitrogen and oxygen atoms in total. The van der Waals surface area contributed by atoms with E-state index >= 15 is 0 Å². The lowest BCUT2D eigenvalue weighted by Crippen LogP contribution is -2.43. The highest BCUT2D eigenvalue weighted by atomic mass is 32.2. The molecular weight excluding hydrogens is 476 g/mol. The van der Waals surface area contributed by atoms with Crippen molar-refractivity contribution in [2.75, 3.05) is 42.7 Å². The molecule has 6 rings (SSSR count). The molecule has 1 N–H and O–H groups in total. The minimum Gasteiger partial charge on any atom is -0.354 e. The lowest BCUT2D eigenvalue weighted by atomic mass is 10.2. The minimum absolute atomic E-state index is 0.523. The molecular formula is C25H24N8S2. The molecule has 0 spiro atoms. The van der Waals surface area contributed by atoms with Gasteiger partial charge in [0.15, 0.2) is 0 Å². The van der Waals surface area contributed by atoms with Crippen LogP contribution in [0.5, 0.6) is 0 Å². The number of piperazine rings is 1. The molecule has 0 amide bonds. The molecule has 1 saturated heterocycles. The van der Waals surface area contributed by atoms with E-state index in [9.17, 15) is 0 Å². The SMILES string of the molecule is CSN1CCN(c2ccc(Nc3nccc(-c4cnc5ccc(-c6cccs6)cn45)n3)cn2)CC1. The quantitative estimate of drug-likeness (QED) is 0.325. The molecule has 0 unspecified atom stereocenters. The first-order chi connectivity index (χ1) is 17.3. The third kappa shape index (κ3) is 4.60. The Balaban J connectivity index is 1.21. The van der Waals surface area contributed by atoms with Gasteiger partial charge in [-0.2, -0.15) is 0 Å².